The summed E-state index contributed by atoms with van der Waals surface area (Å²) in [6.45, 7) is 2.93. The van der Waals surface area contributed by atoms with Crippen LogP contribution >= 0.6 is 0 Å². The van der Waals surface area contributed by atoms with Crippen LogP contribution in [0.1, 0.15) is 29.5 Å². The first kappa shape index (κ1) is 12.4. The SMILES string of the molecule is COCc1noc(CN2CCCc3occc3C2)n1. The molecule has 102 valence electrons. The molecule has 0 fully saturated rings. The highest BCUT2D eigenvalue weighted by Gasteiger charge is 2.18. The minimum atomic E-state index is 0.384. The van der Waals surface area contributed by atoms with Crippen LogP contribution in [0.15, 0.2) is 21.3 Å². The molecule has 0 radical (unpaired) electrons. The van der Waals surface area contributed by atoms with Crippen LogP contribution in [0.2, 0.25) is 0 Å². The third-order valence-corrected chi connectivity index (χ3v) is 3.25. The van der Waals surface area contributed by atoms with Crippen LogP contribution in [0.3, 0.4) is 0 Å². The lowest BCUT2D eigenvalue weighted by atomic mass is 10.2. The second-order valence-corrected chi connectivity index (χ2v) is 4.72. The van der Waals surface area contributed by atoms with Crippen LogP contribution in [-0.2, 0) is 30.9 Å². The Balaban J connectivity index is 1.66. The predicted molar refractivity (Wildman–Crippen MR) is 66.2 cm³/mol. The van der Waals surface area contributed by atoms with Gasteiger partial charge in [0.1, 0.15) is 12.4 Å². The zero-order chi connectivity index (χ0) is 13.1. The van der Waals surface area contributed by atoms with E-state index in [1.807, 2.05) is 6.07 Å². The minimum absolute atomic E-state index is 0.384. The Morgan fingerprint density at radius 3 is 3.32 bits per heavy atom. The van der Waals surface area contributed by atoms with Gasteiger partial charge < -0.3 is 13.7 Å². The highest BCUT2D eigenvalue weighted by molar-refractivity contribution is 5.18. The smallest absolute Gasteiger partial charge is 0.240 e. The first-order valence-electron chi connectivity index (χ1n) is 6.43. The fraction of sp³-hybridized carbons (Fsp3) is 0.538. The molecule has 0 atom stereocenters. The second kappa shape index (κ2) is 5.54. The van der Waals surface area contributed by atoms with Crippen LogP contribution in [0.5, 0.6) is 0 Å². The molecule has 0 amide bonds. The van der Waals surface area contributed by atoms with Gasteiger partial charge in [0.15, 0.2) is 5.82 Å². The molecule has 0 bridgehead atoms. The Labute approximate surface area is 111 Å². The van der Waals surface area contributed by atoms with Gasteiger partial charge in [0.25, 0.3) is 0 Å². The van der Waals surface area contributed by atoms with Crippen molar-refractivity contribution in [2.75, 3.05) is 13.7 Å². The molecule has 6 nitrogen and oxygen atoms in total. The van der Waals surface area contributed by atoms with Crippen molar-refractivity contribution >= 4 is 0 Å². The van der Waals surface area contributed by atoms with Crippen molar-refractivity contribution in [1.82, 2.24) is 15.0 Å². The molecule has 0 saturated heterocycles. The fourth-order valence-electron chi connectivity index (χ4n) is 2.38. The van der Waals surface area contributed by atoms with Gasteiger partial charge in [0.05, 0.1) is 12.8 Å². The molecule has 1 aliphatic rings. The van der Waals surface area contributed by atoms with Crippen LogP contribution in [-0.4, -0.2) is 28.7 Å². The summed E-state index contributed by atoms with van der Waals surface area (Å²) in [5.74, 6) is 2.34. The van der Waals surface area contributed by atoms with E-state index < -0.39 is 0 Å². The standard InChI is InChI=1S/C13H17N3O3/c1-17-9-12-14-13(19-15-12)8-16-5-2-3-11-10(7-16)4-6-18-11/h4,6H,2-3,5,7-9H2,1H3. The molecule has 3 rings (SSSR count). The first-order valence-corrected chi connectivity index (χ1v) is 6.43. The average Bonchev–Trinajstić information content (AvgIpc) is 2.97. The first-order chi connectivity index (χ1) is 9.35. The summed E-state index contributed by atoms with van der Waals surface area (Å²) in [5.41, 5.74) is 1.26. The van der Waals surface area contributed by atoms with Gasteiger partial charge >= 0.3 is 0 Å². The summed E-state index contributed by atoms with van der Waals surface area (Å²) in [5, 5.41) is 3.87. The van der Waals surface area contributed by atoms with E-state index in [0.29, 0.717) is 24.9 Å². The van der Waals surface area contributed by atoms with Crippen molar-refractivity contribution in [2.24, 2.45) is 0 Å². The molecule has 0 aliphatic carbocycles. The number of methoxy groups -OCH3 is 1. The van der Waals surface area contributed by atoms with E-state index in [1.165, 1.54) is 5.56 Å². The molecule has 2 aromatic heterocycles. The molecule has 0 spiro atoms. The molecule has 0 aromatic carbocycles. The van der Waals surface area contributed by atoms with Crippen molar-refractivity contribution in [2.45, 2.75) is 32.5 Å². The molecule has 6 heteroatoms. The third-order valence-electron chi connectivity index (χ3n) is 3.25. The Hall–Kier alpha value is -1.66. The van der Waals surface area contributed by atoms with Gasteiger partial charge in [0, 0.05) is 25.6 Å². The lowest BCUT2D eigenvalue weighted by molar-refractivity contribution is 0.174. The topological polar surface area (TPSA) is 64.5 Å². The van der Waals surface area contributed by atoms with E-state index in [0.717, 1.165) is 31.7 Å². The molecule has 3 heterocycles. The quantitative estimate of drug-likeness (QED) is 0.837. The third kappa shape index (κ3) is 2.85. The molecule has 19 heavy (non-hydrogen) atoms. The summed E-state index contributed by atoms with van der Waals surface area (Å²) < 4.78 is 15.7. The van der Waals surface area contributed by atoms with Gasteiger partial charge in [0.2, 0.25) is 5.89 Å². The number of aryl methyl sites for hydroxylation is 1. The van der Waals surface area contributed by atoms with E-state index >= 15 is 0 Å². The second-order valence-electron chi connectivity index (χ2n) is 4.72. The highest BCUT2D eigenvalue weighted by Crippen LogP contribution is 2.20. The van der Waals surface area contributed by atoms with E-state index in [2.05, 4.69) is 15.0 Å². The number of aromatic nitrogens is 2. The number of fused-ring (bicyclic) bond motifs is 1. The fourth-order valence-corrected chi connectivity index (χ4v) is 2.38. The van der Waals surface area contributed by atoms with Crippen LogP contribution in [0.25, 0.3) is 0 Å². The number of rotatable bonds is 4. The number of furan rings is 1. The summed E-state index contributed by atoms with van der Waals surface area (Å²) in [4.78, 5) is 6.60. The van der Waals surface area contributed by atoms with E-state index in [9.17, 15) is 0 Å². The normalized spacial score (nSPS) is 16.3. The van der Waals surface area contributed by atoms with Crippen molar-refractivity contribution in [3.05, 3.63) is 35.4 Å². The summed E-state index contributed by atoms with van der Waals surface area (Å²) >= 11 is 0. The van der Waals surface area contributed by atoms with Gasteiger partial charge in [-0.05, 0) is 19.0 Å². The molecule has 0 unspecified atom stereocenters. The molecular formula is C13H17N3O3. The lowest BCUT2D eigenvalue weighted by Gasteiger charge is -2.16. The predicted octanol–water partition coefficient (Wildman–Crippen LogP) is 1.76. The van der Waals surface area contributed by atoms with Crippen molar-refractivity contribution in [1.29, 1.82) is 0 Å². The summed E-state index contributed by atoms with van der Waals surface area (Å²) in [6, 6.07) is 2.04. The van der Waals surface area contributed by atoms with Crippen LogP contribution in [0.4, 0.5) is 0 Å². The average molecular weight is 263 g/mol. The van der Waals surface area contributed by atoms with Gasteiger partial charge in [-0.15, -0.1) is 0 Å². The zero-order valence-electron chi connectivity index (χ0n) is 11.0. The van der Waals surface area contributed by atoms with Gasteiger partial charge in [-0.3, -0.25) is 4.90 Å². The monoisotopic (exact) mass is 263 g/mol. The van der Waals surface area contributed by atoms with Gasteiger partial charge in [-0.25, -0.2) is 0 Å². The lowest BCUT2D eigenvalue weighted by Crippen LogP contribution is -2.22. The van der Waals surface area contributed by atoms with Crippen LogP contribution < -0.4 is 0 Å². The van der Waals surface area contributed by atoms with E-state index in [4.69, 9.17) is 13.7 Å². The molecular weight excluding hydrogens is 246 g/mol. The zero-order valence-corrected chi connectivity index (χ0v) is 11.0. The number of hydrogen-bond acceptors (Lipinski definition) is 6. The molecule has 0 N–H and O–H groups in total. The van der Waals surface area contributed by atoms with Gasteiger partial charge in [-0.1, -0.05) is 5.16 Å². The Kier molecular flexibility index (Phi) is 3.61. The maximum atomic E-state index is 5.48. The maximum Gasteiger partial charge on any atom is 0.240 e. The van der Waals surface area contributed by atoms with Crippen molar-refractivity contribution < 1.29 is 13.7 Å². The van der Waals surface area contributed by atoms with Gasteiger partial charge in [-0.2, -0.15) is 4.98 Å². The number of nitrogens with zero attached hydrogens (tertiary/aromatic N) is 3. The largest absolute Gasteiger partial charge is 0.469 e. The maximum absolute atomic E-state index is 5.48. The van der Waals surface area contributed by atoms with E-state index in [-0.39, 0.29) is 0 Å². The Bertz CT molecular complexity index is 535. The summed E-state index contributed by atoms with van der Waals surface area (Å²) in [6.07, 6.45) is 3.84. The Morgan fingerprint density at radius 2 is 2.42 bits per heavy atom. The van der Waals surface area contributed by atoms with Crippen LogP contribution in [0, 0.1) is 0 Å². The number of ether oxygens (including phenoxy) is 1. The number of hydrogen-bond donors (Lipinski definition) is 0. The molecule has 1 aliphatic heterocycles. The van der Waals surface area contributed by atoms with Crippen molar-refractivity contribution in [3.8, 4) is 0 Å². The van der Waals surface area contributed by atoms with Crippen molar-refractivity contribution in [3.63, 3.8) is 0 Å². The molecule has 2 aromatic rings. The minimum Gasteiger partial charge on any atom is -0.469 e. The summed E-state index contributed by atoms with van der Waals surface area (Å²) in [7, 11) is 1.62. The highest BCUT2D eigenvalue weighted by atomic mass is 16.5. The van der Waals surface area contributed by atoms with E-state index in [1.54, 1.807) is 13.4 Å². The Morgan fingerprint density at radius 1 is 1.47 bits per heavy atom. The molecule has 0 saturated carbocycles.